The molecule has 3 rings (SSSR count). The quantitative estimate of drug-likeness (QED) is 0.863. The van der Waals surface area contributed by atoms with Crippen molar-refractivity contribution in [2.24, 2.45) is 0 Å². The Kier molecular flexibility index (Phi) is 6.17. The van der Waals surface area contributed by atoms with Crippen LogP contribution >= 0.6 is 0 Å². The van der Waals surface area contributed by atoms with Crippen molar-refractivity contribution in [1.82, 2.24) is 20.2 Å². The number of nitrogens with one attached hydrogen (secondary N) is 2. The molecule has 26 heavy (non-hydrogen) atoms. The normalized spacial score (nSPS) is 17.7. The third-order valence-corrected chi connectivity index (χ3v) is 4.78. The topological polar surface area (TPSA) is 70.2 Å². The molecule has 1 aromatic heterocycles. The van der Waals surface area contributed by atoms with E-state index in [0.29, 0.717) is 12.6 Å². The van der Waals surface area contributed by atoms with Crippen molar-refractivity contribution >= 4 is 11.7 Å². The van der Waals surface area contributed by atoms with Crippen LogP contribution in [0.3, 0.4) is 0 Å². The molecule has 6 nitrogen and oxygen atoms in total. The van der Waals surface area contributed by atoms with Gasteiger partial charge in [0.2, 0.25) is 0 Å². The highest BCUT2D eigenvalue weighted by atomic mass is 16.2. The molecule has 2 heterocycles. The minimum absolute atomic E-state index is 0.240. The molecule has 1 unspecified atom stereocenters. The monoisotopic (exact) mass is 353 g/mol. The highest BCUT2D eigenvalue weighted by molar-refractivity contribution is 5.89. The summed E-state index contributed by atoms with van der Waals surface area (Å²) in [5.41, 5.74) is 3.62. The zero-order valence-corrected chi connectivity index (χ0v) is 15.5. The lowest BCUT2D eigenvalue weighted by atomic mass is 10.0. The fraction of sp³-hybridized carbons (Fsp3) is 0.450. The summed E-state index contributed by atoms with van der Waals surface area (Å²) in [6.07, 6.45) is 7.23. The molecule has 1 atom stereocenters. The van der Waals surface area contributed by atoms with Gasteiger partial charge in [-0.05, 0) is 50.9 Å². The summed E-state index contributed by atoms with van der Waals surface area (Å²) in [6, 6.07) is 8.45. The van der Waals surface area contributed by atoms with E-state index >= 15 is 0 Å². The van der Waals surface area contributed by atoms with E-state index in [0.717, 1.165) is 30.2 Å². The number of piperidine rings is 1. The van der Waals surface area contributed by atoms with Gasteiger partial charge in [0.15, 0.2) is 0 Å². The number of hydrogen-bond acceptors (Lipinski definition) is 4. The second-order valence-corrected chi connectivity index (χ2v) is 6.97. The molecule has 0 aliphatic carbocycles. The van der Waals surface area contributed by atoms with Gasteiger partial charge < -0.3 is 10.6 Å². The molecule has 0 saturated carbocycles. The number of benzene rings is 1. The van der Waals surface area contributed by atoms with Gasteiger partial charge in [-0.3, -0.25) is 14.9 Å². The molecule has 138 valence electrons. The predicted molar refractivity (Wildman–Crippen MR) is 103 cm³/mol. The fourth-order valence-electron chi connectivity index (χ4n) is 3.23. The summed E-state index contributed by atoms with van der Waals surface area (Å²) in [7, 11) is 0. The van der Waals surface area contributed by atoms with Crippen LogP contribution in [0.2, 0.25) is 0 Å². The van der Waals surface area contributed by atoms with E-state index in [1.807, 2.05) is 25.1 Å². The Balaban J connectivity index is 1.52. The lowest BCUT2D eigenvalue weighted by Gasteiger charge is -2.33. The molecule has 1 aliphatic heterocycles. The number of hydrogen-bond donors (Lipinski definition) is 2. The predicted octanol–water partition coefficient (Wildman–Crippen LogP) is 3.48. The van der Waals surface area contributed by atoms with Crippen molar-refractivity contribution in [3.63, 3.8) is 0 Å². The van der Waals surface area contributed by atoms with Gasteiger partial charge in [0.1, 0.15) is 0 Å². The summed E-state index contributed by atoms with van der Waals surface area (Å²) in [4.78, 5) is 23.0. The highest BCUT2D eigenvalue weighted by Crippen LogP contribution is 2.20. The Morgan fingerprint density at radius 2 is 2.15 bits per heavy atom. The third-order valence-electron chi connectivity index (χ3n) is 4.78. The summed E-state index contributed by atoms with van der Waals surface area (Å²) < 4.78 is 0. The van der Waals surface area contributed by atoms with Crippen LogP contribution in [0.15, 0.2) is 36.7 Å². The van der Waals surface area contributed by atoms with E-state index in [1.165, 1.54) is 24.8 Å². The number of carbonyl (C=O) groups excluding carboxylic acids is 1. The number of amides is 2. The van der Waals surface area contributed by atoms with Crippen molar-refractivity contribution in [2.75, 3.05) is 11.9 Å². The zero-order chi connectivity index (χ0) is 18.4. The number of carbonyl (C=O) groups is 1. The Labute approximate surface area is 155 Å². The number of aromatic nitrogens is 2. The summed E-state index contributed by atoms with van der Waals surface area (Å²) >= 11 is 0. The van der Waals surface area contributed by atoms with Crippen LogP contribution in [0.1, 0.15) is 43.1 Å². The first-order valence-electron chi connectivity index (χ1n) is 9.25. The standard InChI is InChI=1S/C20H27N5O/c1-15-11-22-19(12-21-15)13-23-20(26)24-18-8-5-7-17(10-18)14-25-9-4-3-6-16(25)2/h5,7-8,10-12,16H,3-4,6,9,13-14H2,1-2H3,(H2,23,24,26). The second kappa shape index (κ2) is 8.76. The van der Waals surface area contributed by atoms with E-state index in [4.69, 9.17) is 0 Å². The maximum atomic E-state index is 12.1. The summed E-state index contributed by atoms with van der Waals surface area (Å²) in [5, 5.41) is 5.71. The summed E-state index contributed by atoms with van der Waals surface area (Å²) in [6.45, 7) is 6.61. The molecule has 1 fully saturated rings. The van der Waals surface area contributed by atoms with Crippen molar-refractivity contribution in [1.29, 1.82) is 0 Å². The van der Waals surface area contributed by atoms with Gasteiger partial charge in [-0.2, -0.15) is 0 Å². The first kappa shape index (κ1) is 18.3. The van der Waals surface area contributed by atoms with Gasteiger partial charge in [-0.1, -0.05) is 18.6 Å². The lowest BCUT2D eigenvalue weighted by Crippen LogP contribution is -2.36. The maximum absolute atomic E-state index is 12.1. The Hall–Kier alpha value is -2.47. The van der Waals surface area contributed by atoms with Crippen LogP contribution in [0.25, 0.3) is 0 Å². The average Bonchev–Trinajstić information content (AvgIpc) is 2.63. The molecule has 2 amide bonds. The van der Waals surface area contributed by atoms with Crippen molar-refractivity contribution < 1.29 is 4.79 Å². The SMILES string of the molecule is Cc1cnc(CNC(=O)Nc2cccc(CN3CCCCC3C)c2)cn1. The first-order chi connectivity index (χ1) is 12.6. The molecule has 1 aromatic carbocycles. The molecule has 1 aliphatic rings. The Bertz CT molecular complexity index is 731. The van der Waals surface area contributed by atoms with Gasteiger partial charge in [-0.15, -0.1) is 0 Å². The molecular weight excluding hydrogens is 326 g/mol. The molecule has 6 heteroatoms. The molecule has 2 aromatic rings. The fourth-order valence-corrected chi connectivity index (χ4v) is 3.23. The van der Waals surface area contributed by atoms with Gasteiger partial charge in [0.05, 0.1) is 24.1 Å². The number of urea groups is 1. The van der Waals surface area contributed by atoms with Crippen LogP contribution in [-0.2, 0) is 13.1 Å². The molecule has 0 radical (unpaired) electrons. The molecule has 0 spiro atoms. The van der Waals surface area contributed by atoms with Crippen LogP contribution in [0, 0.1) is 6.92 Å². The van der Waals surface area contributed by atoms with Crippen LogP contribution in [0.5, 0.6) is 0 Å². The Morgan fingerprint density at radius 1 is 1.27 bits per heavy atom. The van der Waals surface area contributed by atoms with Gasteiger partial charge in [0.25, 0.3) is 0 Å². The zero-order valence-electron chi connectivity index (χ0n) is 15.5. The minimum Gasteiger partial charge on any atom is -0.332 e. The van der Waals surface area contributed by atoms with Gasteiger partial charge in [-0.25, -0.2) is 4.79 Å². The van der Waals surface area contributed by atoms with Crippen LogP contribution in [-0.4, -0.2) is 33.5 Å². The highest BCUT2D eigenvalue weighted by Gasteiger charge is 2.18. The molecule has 1 saturated heterocycles. The lowest BCUT2D eigenvalue weighted by molar-refractivity contribution is 0.152. The average molecular weight is 353 g/mol. The van der Waals surface area contributed by atoms with Crippen molar-refractivity contribution in [3.8, 4) is 0 Å². The number of likely N-dealkylation sites (tertiary alicyclic amines) is 1. The number of aryl methyl sites for hydroxylation is 1. The largest absolute Gasteiger partial charge is 0.332 e. The maximum Gasteiger partial charge on any atom is 0.319 e. The van der Waals surface area contributed by atoms with E-state index in [-0.39, 0.29) is 6.03 Å². The van der Waals surface area contributed by atoms with E-state index in [2.05, 4.69) is 38.5 Å². The molecule has 2 N–H and O–H groups in total. The van der Waals surface area contributed by atoms with Gasteiger partial charge in [0, 0.05) is 24.5 Å². The smallest absolute Gasteiger partial charge is 0.319 e. The number of rotatable bonds is 5. The molecular formula is C20H27N5O. The number of anilines is 1. The number of nitrogens with zero attached hydrogens (tertiary/aromatic N) is 3. The van der Waals surface area contributed by atoms with Crippen LogP contribution in [0.4, 0.5) is 10.5 Å². The van der Waals surface area contributed by atoms with Crippen LogP contribution < -0.4 is 10.6 Å². The van der Waals surface area contributed by atoms with E-state index in [1.54, 1.807) is 12.4 Å². The first-order valence-corrected chi connectivity index (χ1v) is 9.25. The van der Waals surface area contributed by atoms with E-state index in [9.17, 15) is 4.79 Å². The van der Waals surface area contributed by atoms with Gasteiger partial charge >= 0.3 is 6.03 Å². The minimum atomic E-state index is -0.240. The van der Waals surface area contributed by atoms with Crippen molar-refractivity contribution in [3.05, 3.63) is 53.6 Å². The second-order valence-electron chi connectivity index (χ2n) is 6.97. The molecule has 0 bridgehead atoms. The third kappa shape index (κ3) is 5.26. The summed E-state index contributed by atoms with van der Waals surface area (Å²) in [5.74, 6) is 0. The van der Waals surface area contributed by atoms with Crippen molar-refractivity contribution in [2.45, 2.75) is 52.2 Å². The van der Waals surface area contributed by atoms with E-state index < -0.39 is 0 Å². The Morgan fingerprint density at radius 3 is 2.92 bits per heavy atom.